The predicted octanol–water partition coefficient (Wildman–Crippen LogP) is 7.12. The lowest BCUT2D eigenvalue weighted by atomic mass is 10.2. The second-order valence-electron chi connectivity index (χ2n) is 7.50. The number of aromatic nitrogens is 3. The van der Waals surface area contributed by atoms with Crippen molar-refractivity contribution in [2.24, 2.45) is 0 Å². The number of benzene rings is 4. The Balaban J connectivity index is 1.69. The van der Waals surface area contributed by atoms with E-state index in [0.717, 1.165) is 22.7 Å². The van der Waals surface area contributed by atoms with Gasteiger partial charge < -0.3 is 0 Å². The van der Waals surface area contributed by atoms with Gasteiger partial charge in [0.25, 0.3) is 0 Å². The smallest absolute Gasteiger partial charge is 0.239 e. The molecule has 5 nitrogen and oxygen atoms in total. The highest BCUT2D eigenvalue weighted by molar-refractivity contribution is 5.76. The maximum absolute atomic E-state index is 4.97. The molecule has 0 amide bonds. The Kier molecular flexibility index (Phi) is 5.76. The molecule has 0 aliphatic rings. The van der Waals surface area contributed by atoms with Crippen molar-refractivity contribution in [1.82, 2.24) is 15.0 Å². The highest BCUT2D eigenvalue weighted by Crippen LogP contribution is 2.36. The summed E-state index contributed by atoms with van der Waals surface area (Å²) < 4.78 is 0. The summed E-state index contributed by atoms with van der Waals surface area (Å²) in [4.78, 5) is 18.5. The van der Waals surface area contributed by atoms with Gasteiger partial charge in [0.15, 0.2) is 0 Å². The first-order valence-electron chi connectivity index (χ1n) is 10.8. The van der Waals surface area contributed by atoms with Gasteiger partial charge in [0, 0.05) is 22.7 Å². The van der Waals surface area contributed by atoms with Crippen molar-refractivity contribution in [3.05, 3.63) is 127 Å². The number of nitrogens with zero attached hydrogens (tertiary/aromatic N) is 5. The SMILES string of the molecule is Cc1nc(N(c2ccccc2)c2ccccc2)nc(N(c2ccccc2)c2ccccc2)n1. The summed E-state index contributed by atoms with van der Waals surface area (Å²) in [6.07, 6.45) is 0. The van der Waals surface area contributed by atoms with Crippen molar-refractivity contribution in [2.75, 3.05) is 9.80 Å². The number of rotatable bonds is 6. The van der Waals surface area contributed by atoms with E-state index in [1.54, 1.807) is 0 Å². The highest BCUT2D eigenvalue weighted by Gasteiger charge is 2.21. The molecule has 33 heavy (non-hydrogen) atoms. The molecular formula is C28H23N5. The van der Waals surface area contributed by atoms with Gasteiger partial charge in [-0.15, -0.1) is 0 Å². The van der Waals surface area contributed by atoms with Gasteiger partial charge >= 0.3 is 0 Å². The van der Waals surface area contributed by atoms with Crippen molar-refractivity contribution in [1.29, 1.82) is 0 Å². The summed E-state index contributed by atoms with van der Waals surface area (Å²) in [5.41, 5.74) is 3.91. The van der Waals surface area contributed by atoms with E-state index in [1.807, 2.05) is 89.5 Å². The molecule has 0 N–H and O–H groups in total. The van der Waals surface area contributed by atoms with Crippen LogP contribution < -0.4 is 9.80 Å². The molecule has 160 valence electrons. The van der Waals surface area contributed by atoms with Gasteiger partial charge in [0.2, 0.25) is 11.9 Å². The molecule has 0 atom stereocenters. The zero-order valence-corrected chi connectivity index (χ0v) is 18.3. The lowest BCUT2D eigenvalue weighted by Crippen LogP contribution is -2.19. The van der Waals surface area contributed by atoms with Crippen LogP contribution in [0.1, 0.15) is 5.82 Å². The van der Waals surface area contributed by atoms with Gasteiger partial charge in [0.05, 0.1) is 0 Å². The fraction of sp³-hybridized carbons (Fsp3) is 0.0357. The maximum atomic E-state index is 4.97. The standard InChI is InChI=1S/C28H23N5/c1-22-29-27(32(23-14-6-2-7-15-23)24-16-8-3-9-17-24)31-28(30-22)33(25-18-10-4-11-19-25)26-20-12-5-13-21-26/h2-21H,1H3. The molecule has 5 rings (SSSR count). The van der Waals surface area contributed by atoms with Crippen LogP contribution >= 0.6 is 0 Å². The zero-order chi connectivity index (χ0) is 22.5. The van der Waals surface area contributed by atoms with Crippen LogP contribution in [0.4, 0.5) is 34.6 Å². The van der Waals surface area contributed by atoms with Gasteiger partial charge in [-0.2, -0.15) is 15.0 Å². The van der Waals surface area contributed by atoms with Gasteiger partial charge in [-0.25, -0.2) is 0 Å². The Morgan fingerprint density at radius 1 is 0.394 bits per heavy atom. The fourth-order valence-corrected chi connectivity index (χ4v) is 3.72. The van der Waals surface area contributed by atoms with Gasteiger partial charge in [-0.05, 0) is 55.5 Å². The largest absolute Gasteiger partial charge is 0.279 e. The Morgan fingerprint density at radius 2 is 0.667 bits per heavy atom. The van der Waals surface area contributed by atoms with Gasteiger partial charge in [-0.1, -0.05) is 72.8 Å². The van der Waals surface area contributed by atoms with Crippen LogP contribution in [0.5, 0.6) is 0 Å². The summed E-state index contributed by atoms with van der Waals surface area (Å²) >= 11 is 0. The Hall–Kier alpha value is -4.51. The number of hydrogen-bond donors (Lipinski definition) is 0. The Labute approximate surface area is 193 Å². The third kappa shape index (κ3) is 4.43. The molecule has 5 aromatic rings. The summed E-state index contributed by atoms with van der Waals surface area (Å²) in [5, 5.41) is 0. The van der Waals surface area contributed by atoms with Gasteiger partial charge in [0.1, 0.15) is 5.82 Å². The van der Waals surface area contributed by atoms with Gasteiger partial charge in [-0.3, -0.25) is 9.80 Å². The minimum atomic E-state index is 0.562. The predicted molar refractivity (Wildman–Crippen MR) is 134 cm³/mol. The zero-order valence-electron chi connectivity index (χ0n) is 18.3. The first-order valence-corrected chi connectivity index (χ1v) is 10.8. The van der Waals surface area contributed by atoms with Crippen LogP contribution in [0, 0.1) is 6.92 Å². The topological polar surface area (TPSA) is 45.2 Å². The molecule has 0 radical (unpaired) electrons. The monoisotopic (exact) mass is 429 g/mol. The first kappa shape index (κ1) is 20.4. The van der Waals surface area contributed by atoms with E-state index >= 15 is 0 Å². The van der Waals surface area contributed by atoms with E-state index < -0.39 is 0 Å². The van der Waals surface area contributed by atoms with E-state index in [9.17, 15) is 0 Å². The fourth-order valence-electron chi connectivity index (χ4n) is 3.72. The van der Waals surface area contributed by atoms with Crippen molar-refractivity contribution < 1.29 is 0 Å². The summed E-state index contributed by atoms with van der Waals surface area (Å²) in [7, 11) is 0. The van der Waals surface area contributed by atoms with E-state index in [4.69, 9.17) is 15.0 Å². The third-order valence-electron chi connectivity index (χ3n) is 5.18. The van der Waals surface area contributed by atoms with E-state index in [1.165, 1.54) is 0 Å². The van der Waals surface area contributed by atoms with Crippen molar-refractivity contribution >= 4 is 34.6 Å². The van der Waals surface area contributed by atoms with Crippen LogP contribution in [0.15, 0.2) is 121 Å². The molecule has 0 saturated carbocycles. The van der Waals surface area contributed by atoms with E-state index in [0.29, 0.717) is 17.7 Å². The van der Waals surface area contributed by atoms with Crippen LogP contribution in [0.3, 0.4) is 0 Å². The average Bonchev–Trinajstić information content (AvgIpc) is 2.87. The average molecular weight is 430 g/mol. The molecule has 0 bridgehead atoms. The van der Waals surface area contributed by atoms with Crippen LogP contribution in [0.25, 0.3) is 0 Å². The summed E-state index contributed by atoms with van der Waals surface area (Å²) in [6, 6.07) is 40.6. The Bertz CT molecular complexity index is 1130. The number of hydrogen-bond acceptors (Lipinski definition) is 5. The minimum Gasteiger partial charge on any atom is -0.279 e. The van der Waals surface area contributed by atoms with E-state index in [-0.39, 0.29) is 0 Å². The minimum absolute atomic E-state index is 0.562. The molecular weight excluding hydrogens is 406 g/mol. The molecule has 0 aliphatic heterocycles. The molecule has 1 heterocycles. The third-order valence-corrected chi connectivity index (χ3v) is 5.18. The Morgan fingerprint density at radius 3 is 0.939 bits per heavy atom. The van der Waals surface area contributed by atoms with Crippen molar-refractivity contribution in [3.8, 4) is 0 Å². The lowest BCUT2D eigenvalue weighted by molar-refractivity contribution is 0.935. The van der Waals surface area contributed by atoms with Crippen molar-refractivity contribution in [3.63, 3.8) is 0 Å². The lowest BCUT2D eigenvalue weighted by Gasteiger charge is -2.26. The molecule has 0 spiro atoms. The second kappa shape index (κ2) is 9.32. The van der Waals surface area contributed by atoms with Crippen LogP contribution in [-0.4, -0.2) is 15.0 Å². The molecule has 1 aromatic heterocycles. The van der Waals surface area contributed by atoms with E-state index in [2.05, 4.69) is 48.5 Å². The first-order chi connectivity index (χ1) is 16.3. The molecule has 0 saturated heterocycles. The normalized spacial score (nSPS) is 10.6. The van der Waals surface area contributed by atoms with Crippen LogP contribution in [0.2, 0.25) is 0 Å². The molecule has 0 fully saturated rings. The highest BCUT2D eigenvalue weighted by atomic mass is 15.3. The second-order valence-corrected chi connectivity index (χ2v) is 7.50. The van der Waals surface area contributed by atoms with Crippen molar-refractivity contribution in [2.45, 2.75) is 6.92 Å². The molecule has 5 heteroatoms. The molecule has 0 aliphatic carbocycles. The number of anilines is 6. The maximum Gasteiger partial charge on any atom is 0.239 e. The number of para-hydroxylation sites is 4. The molecule has 4 aromatic carbocycles. The van der Waals surface area contributed by atoms with Crippen LogP contribution in [-0.2, 0) is 0 Å². The summed E-state index contributed by atoms with van der Waals surface area (Å²) in [5.74, 6) is 1.77. The number of aryl methyl sites for hydroxylation is 1. The molecule has 0 unspecified atom stereocenters. The summed E-state index contributed by atoms with van der Waals surface area (Å²) in [6.45, 7) is 1.90. The quantitative estimate of drug-likeness (QED) is 0.287.